The van der Waals surface area contributed by atoms with Gasteiger partial charge in [-0.25, -0.2) is 0 Å². The summed E-state index contributed by atoms with van der Waals surface area (Å²) in [5.41, 5.74) is 1.57. The molecule has 29 heavy (non-hydrogen) atoms. The number of nitrogens with one attached hydrogen (secondary N) is 1. The van der Waals surface area contributed by atoms with Crippen molar-refractivity contribution >= 4 is 45.4 Å². The van der Waals surface area contributed by atoms with Crippen LogP contribution in [-0.2, 0) is 22.5 Å². The van der Waals surface area contributed by atoms with Crippen molar-refractivity contribution in [3.8, 4) is 0 Å². The van der Waals surface area contributed by atoms with Gasteiger partial charge in [0.15, 0.2) is 0 Å². The quantitative estimate of drug-likeness (QED) is 0.793. The van der Waals surface area contributed by atoms with Gasteiger partial charge in [0, 0.05) is 30.0 Å². The molecule has 0 radical (unpaired) electrons. The van der Waals surface area contributed by atoms with Gasteiger partial charge in [0.25, 0.3) is 11.8 Å². The van der Waals surface area contributed by atoms with Crippen molar-refractivity contribution in [1.82, 2.24) is 9.80 Å². The van der Waals surface area contributed by atoms with Crippen LogP contribution in [0.1, 0.15) is 54.3 Å². The van der Waals surface area contributed by atoms with Gasteiger partial charge in [0.1, 0.15) is 5.00 Å². The molecule has 2 aromatic rings. The summed E-state index contributed by atoms with van der Waals surface area (Å²) in [5, 5.41) is 3.46. The molecule has 3 aliphatic heterocycles. The highest BCUT2D eigenvalue weighted by atomic mass is 32.1. The molecule has 0 saturated carbocycles. The topological polar surface area (TPSA) is 79.0 Å². The van der Waals surface area contributed by atoms with Crippen LogP contribution in [-0.4, -0.2) is 54.3 Å². The lowest BCUT2D eigenvalue weighted by Gasteiger charge is -2.27. The van der Waals surface area contributed by atoms with Gasteiger partial charge in [-0.05, 0) is 37.0 Å². The Hall–Kier alpha value is -2.23. The lowest BCUT2D eigenvalue weighted by atomic mass is 10.0. The maximum atomic E-state index is 13.1. The summed E-state index contributed by atoms with van der Waals surface area (Å²) in [7, 11) is 1.64. The van der Waals surface area contributed by atoms with Crippen LogP contribution in [0.4, 0.5) is 5.00 Å². The molecule has 1 N–H and O–H groups in total. The summed E-state index contributed by atoms with van der Waals surface area (Å²) in [6.07, 6.45) is 2.81. The van der Waals surface area contributed by atoms with Crippen LogP contribution < -0.4 is 5.32 Å². The SMILES string of the molecule is CN1CC(=O)Nc2sc3c(c2C1=O)CCN(C(=O)c1ccc(C2CCCO2)s1)C3. The Morgan fingerprint density at radius 2 is 2.10 bits per heavy atom. The van der Waals surface area contributed by atoms with Crippen LogP contribution >= 0.6 is 22.7 Å². The van der Waals surface area contributed by atoms with Crippen molar-refractivity contribution < 1.29 is 19.1 Å². The number of ether oxygens (including phenoxy) is 1. The molecule has 7 nitrogen and oxygen atoms in total. The summed E-state index contributed by atoms with van der Waals surface area (Å²) in [6.45, 7) is 1.87. The van der Waals surface area contributed by atoms with Crippen LogP contribution in [0.3, 0.4) is 0 Å². The zero-order valence-electron chi connectivity index (χ0n) is 16.0. The maximum absolute atomic E-state index is 13.1. The Morgan fingerprint density at radius 3 is 2.90 bits per heavy atom. The summed E-state index contributed by atoms with van der Waals surface area (Å²) >= 11 is 2.93. The number of hydrogen-bond donors (Lipinski definition) is 1. The van der Waals surface area contributed by atoms with E-state index in [2.05, 4.69) is 5.32 Å². The fraction of sp³-hybridized carbons (Fsp3) is 0.450. The molecular weight excluding hydrogens is 410 g/mol. The fourth-order valence-electron chi connectivity index (χ4n) is 4.13. The predicted molar refractivity (Wildman–Crippen MR) is 111 cm³/mol. The van der Waals surface area contributed by atoms with Gasteiger partial charge in [0.05, 0.1) is 29.6 Å². The second kappa shape index (κ2) is 7.23. The molecule has 152 valence electrons. The summed E-state index contributed by atoms with van der Waals surface area (Å²) in [5.74, 6) is -0.303. The van der Waals surface area contributed by atoms with Gasteiger partial charge >= 0.3 is 0 Å². The molecule has 0 aliphatic carbocycles. The summed E-state index contributed by atoms with van der Waals surface area (Å²) in [4.78, 5) is 43.9. The van der Waals surface area contributed by atoms with Gasteiger partial charge in [-0.15, -0.1) is 22.7 Å². The van der Waals surface area contributed by atoms with Crippen LogP contribution in [0.25, 0.3) is 0 Å². The van der Waals surface area contributed by atoms with Gasteiger partial charge in [-0.3, -0.25) is 14.4 Å². The van der Waals surface area contributed by atoms with E-state index < -0.39 is 0 Å². The number of likely N-dealkylation sites (N-methyl/N-ethyl adjacent to an activating group) is 1. The molecule has 9 heteroatoms. The molecular formula is C20H21N3O4S2. The molecule has 0 spiro atoms. The van der Waals surface area contributed by atoms with Gasteiger partial charge in [-0.2, -0.15) is 0 Å². The van der Waals surface area contributed by atoms with Crippen LogP contribution in [0, 0.1) is 0 Å². The molecule has 1 fully saturated rings. The van der Waals surface area contributed by atoms with Crippen molar-refractivity contribution in [1.29, 1.82) is 0 Å². The Kier molecular flexibility index (Phi) is 4.68. The third-order valence-corrected chi connectivity index (χ3v) is 7.92. The zero-order valence-corrected chi connectivity index (χ0v) is 17.7. The van der Waals surface area contributed by atoms with Gasteiger partial charge in [-0.1, -0.05) is 0 Å². The van der Waals surface area contributed by atoms with E-state index in [1.54, 1.807) is 7.05 Å². The van der Waals surface area contributed by atoms with Gasteiger partial charge in [0.2, 0.25) is 5.91 Å². The van der Waals surface area contributed by atoms with Crippen LogP contribution in [0.15, 0.2) is 12.1 Å². The van der Waals surface area contributed by atoms with Crippen molar-refractivity contribution in [3.63, 3.8) is 0 Å². The number of carbonyl (C=O) groups is 3. The molecule has 3 aliphatic rings. The van der Waals surface area contributed by atoms with Crippen LogP contribution in [0.5, 0.6) is 0 Å². The molecule has 1 unspecified atom stereocenters. The minimum atomic E-state index is -0.189. The van der Waals surface area contributed by atoms with E-state index in [0.717, 1.165) is 39.6 Å². The summed E-state index contributed by atoms with van der Waals surface area (Å²) in [6, 6.07) is 3.89. The first-order valence-corrected chi connectivity index (χ1v) is 11.3. The standard InChI is InChI=1S/C20H21N3O4S2/c1-22-10-16(24)21-18-17(20(22)26)11-6-7-23(9-15(11)29-18)19(25)14-5-4-13(28-14)12-3-2-8-27-12/h4-5,12H,2-3,6-10H2,1H3,(H,21,24). The lowest BCUT2D eigenvalue weighted by Crippen LogP contribution is -2.36. The second-order valence-electron chi connectivity index (χ2n) is 7.60. The fourth-order valence-corrected chi connectivity index (χ4v) is 6.47. The third kappa shape index (κ3) is 3.27. The van der Waals surface area contributed by atoms with Crippen LogP contribution in [0.2, 0.25) is 0 Å². The number of nitrogens with zero attached hydrogens (tertiary/aromatic N) is 2. The van der Waals surface area contributed by atoms with E-state index in [4.69, 9.17) is 4.74 Å². The molecule has 5 rings (SSSR count). The normalized spacial score (nSPS) is 21.6. The number of hydrogen-bond acceptors (Lipinski definition) is 6. The van der Waals surface area contributed by atoms with Crippen molar-refractivity contribution in [3.05, 3.63) is 37.9 Å². The number of anilines is 1. The molecule has 0 aromatic carbocycles. The summed E-state index contributed by atoms with van der Waals surface area (Å²) < 4.78 is 5.72. The first-order chi connectivity index (χ1) is 14.0. The molecule has 1 atom stereocenters. The number of rotatable bonds is 2. The maximum Gasteiger partial charge on any atom is 0.264 e. The van der Waals surface area contributed by atoms with Crippen molar-refractivity contribution in [2.45, 2.75) is 31.9 Å². The number of fused-ring (bicyclic) bond motifs is 3. The molecule has 2 aromatic heterocycles. The average molecular weight is 432 g/mol. The van der Waals surface area contributed by atoms with E-state index >= 15 is 0 Å². The van der Waals surface area contributed by atoms with E-state index in [1.165, 1.54) is 27.6 Å². The highest BCUT2D eigenvalue weighted by molar-refractivity contribution is 7.17. The molecule has 1 saturated heterocycles. The Balaban J connectivity index is 1.38. The van der Waals surface area contributed by atoms with E-state index in [9.17, 15) is 14.4 Å². The Labute approximate surface area is 176 Å². The third-order valence-electron chi connectivity index (χ3n) is 5.62. The molecule has 5 heterocycles. The molecule has 0 bridgehead atoms. The zero-order chi connectivity index (χ0) is 20.1. The average Bonchev–Trinajstić information content (AvgIpc) is 3.43. The Morgan fingerprint density at radius 1 is 1.24 bits per heavy atom. The van der Waals surface area contributed by atoms with E-state index in [1.807, 2.05) is 17.0 Å². The Bertz CT molecular complexity index is 1010. The van der Waals surface area contributed by atoms with Crippen molar-refractivity contribution in [2.75, 3.05) is 32.1 Å². The first kappa shape index (κ1) is 18.8. The first-order valence-electron chi connectivity index (χ1n) is 9.71. The number of thiophene rings is 2. The van der Waals surface area contributed by atoms with E-state index in [-0.39, 0.29) is 30.4 Å². The predicted octanol–water partition coefficient (Wildman–Crippen LogP) is 2.88. The largest absolute Gasteiger partial charge is 0.373 e. The number of carbonyl (C=O) groups excluding carboxylic acids is 3. The minimum absolute atomic E-state index is 0.0148. The minimum Gasteiger partial charge on any atom is -0.373 e. The van der Waals surface area contributed by atoms with Gasteiger partial charge < -0.3 is 19.9 Å². The molecule has 3 amide bonds. The van der Waals surface area contributed by atoms with Crippen molar-refractivity contribution in [2.24, 2.45) is 0 Å². The van der Waals surface area contributed by atoms with E-state index in [0.29, 0.717) is 30.1 Å². The second-order valence-corrected chi connectivity index (χ2v) is 9.82. The smallest absolute Gasteiger partial charge is 0.264 e. The highest BCUT2D eigenvalue weighted by Crippen LogP contribution is 2.39. The highest BCUT2D eigenvalue weighted by Gasteiger charge is 2.34. The number of amides is 3. The monoisotopic (exact) mass is 431 g/mol. The lowest BCUT2D eigenvalue weighted by molar-refractivity contribution is -0.116.